The number of carbonyl (C=O) groups excluding carboxylic acids is 1. The third kappa shape index (κ3) is 2.48. The zero-order chi connectivity index (χ0) is 11.7. The molecule has 17 heavy (non-hydrogen) atoms. The van der Waals surface area contributed by atoms with Crippen LogP contribution in [0.15, 0.2) is 0 Å². The minimum absolute atomic E-state index is 0.332. The largest absolute Gasteiger partial charge is 0.356 e. The third-order valence-corrected chi connectivity index (χ3v) is 5.93. The molecule has 3 aliphatic rings. The van der Waals surface area contributed by atoms with Crippen LogP contribution >= 0.6 is 11.8 Å². The summed E-state index contributed by atoms with van der Waals surface area (Å²) in [6.45, 7) is 3.11. The van der Waals surface area contributed by atoms with Gasteiger partial charge >= 0.3 is 0 Å². The molecular formula is C13H22N2OS. The van der Waals surface area contributed by atoms with Gasteiger partial charge in [-0.2, -0.15) is 11.8 Å². The molecule has 3 rings (SSSR count). The van der Waals surface area contributed by atoms with Crippen LogP contribution in [0.3, 0.4) is 0 Å². The van der Waals surface area contributed by atoms with E-state index in [1.54, 1.807) is 0 Å². The number of carbonyl (C=O) groups is 1. The molecular weight excluding hydrogens is 232 g/mol. The lowest BCUT2D eigenvalue weighted by Gasteiger charge is -2.23. The molecule has 1 saturated carbocycles. The van der Waals surface area contributed by atoms with E-state index in [4.69, 9.17) is 0 Å². The molecule has 1 spiro atoms. The monoisotopic (exact) mass is 254 g/mol. The van der Waals surface area contributed by atoms with Crippen molar-refractivity contribution in [1.29, 1.82) is 0 Å². The van der Waals surface area contributed by atoms with E-state index in [-0.39, 0.29) is 0 Å². The summed E-state index contributed by atoms with van der Waals surface area (Å²) in [5, 5.41) is 6.57. The van der Waals surface area contributed by atoms with Crippen molar-refractivity contribution in [3.05, 3.63) is 0 Å². The van der Waals surface area contributed by atoms with E-state index in [0.29, 0.717) is 17.2 Å². The Labute approximate surface area is 107 Å². The predicted octanol–water partition coefficient (Wildman–Crippen LogP) is 1.25. The lowest BCUT2D eigenvalue weighted by Crippen LogP contribution is -2.35. The number of thioether (sulfide) groups is 1. The molecule has 2 atom stereocenters. The first kappa shape index (κ1) is 11.8. The third-order valence-electron chi connectivity index (χ3n) is 4.69. The standard InChI is InChI=1S/C13H22N2OS/c16-12(15-8-10-1-6-17-9-10)11-7-13(11)2-4-14-5-3-13/h10-11,14H,1-9H2,(H,15,16). The summed E-state index contributed by atoms with van der Waals surface area (Å²) >= 11 is 2.02. The second-order valence-electron chi connectivity index (χ2n) is 5.84. The van der Waals surface area contributed by atoms with Gasteiger partial charge in [0.2, 0.25) is 5.91 Å². The predicted molar refractivity (Wildman–Crippen MR) is 71.1 cm³/mol. The van der Waals surface area contributed by atoms with E-state index >= 15 is 0 Å². The van der Waals surface area contributed by atoms with Crippen molar-refractivity contribution in [3.8, 4) is 0 Å². The molecule has 96 valence electrons. The van der Waals surface area contributed by atoms with Gasteiger partial charge in [0.15, 0.2) is 0 Å². The summed E-state index contributed by atoms with van der Waals surface area (Å²) in [6, 6.07) is 0. The molecule has 0 aromatic carbocycles. The fourth-order valence-electron chi connectivity index (χ4n) is 3.31. The summed E-state index contributed by atoms with van der Waals surface area (Å²) in [5.41, 5.74) is 0.389. The Kier molecular flexibility index (Phi) is 3.35. The van der Waals surface area contributed by atoms with Gasteiger partial charge in [0.25, 0.3) is 0 Å². The van der Waals surface area contributed by atoms with Crippen LogP contribution in [0.2, 0.25) is 0 Å². The molecule has 2 saturated heterocycles. The fraction of sp³-hybridized carbons (Fsp3) is 0.923. The Morgan fingerprint density at radius 2 is 2.24 bits per heavy atom. The Balaban J connectivity index is 1.44. The van der Waals surface area contributed by atoms with Crippen molar-refractivity contribution in [3.63, 3.8) is 0 Å². The number of hydrogen-bond acceptors (Lipinski definition) is 3. The Morgan fingerprint density at radius 3 is 2.94 bits per heavy atom. The van der Waals surface area contributed by atoms with Crippen LogP contribution in [0.4, 0.5) is 0 Å². The second kappa shape index (κ2) is 4.81. The van der Waals surface area contributed by atoms with Crippen LogP contribution in [0.1, 0.15) is 25.7 Å². The van der Waals surface area contributed by atoms with Gasteiger partial charge in [-0.3, -0.25) is 4.79 Å². The van der Waals surface area contributed by atoms with Gasteiger partial charge in [0, 0.05) is 12.5 Å². The first-order valence-electron chi connectivity index (χ1n) is 6.86. The topological polar surface area (TPSA) is 41.1 Å². The van der Waals surface area contributed by atoms with Crippen molar-refractivity contribution in [2.24, 2.45) is 17.3 Å². The SMILES string of the molecule is O=C(NCC1CCSC1)C1CC12CCNCC2. The van der Waals surface area contributed by atoms with Gasteiger partial charge in [0.05, 0.1) is 0 Å². The van der Waals surface area contributed by atoms with Crippen LogP contribution in [-0.2, 0) is 4.79 Å². The molecule has 1 amide bonds. The Hall–Kier alpha value is -0.220. The van der Waals surface area contributed by atoms with Crippen LogP contribution in [0.25, 0.3) is 0 Å². The first-order valence-corrected chi connectivity index (χ1v) is 8.02. The lowest BCUT2D eigenvalue weighted by molar-refractivity contribution is -0.123. The lowest BCUT2D eigenvalue weighted by atomic mass is 9.91. The number of piperidine rings is 1. The maximum absolute atomic E-state index is 12.1. The van der Waals surface area contributed by atoms with E-state index in [9.17, 15) is 4.79 Å². The van der Waals surface area contributed by atoms with Crippen molar-refractivity contribution in [2.75, 3.05) is 31.1 Å². The molecule has 0 aromatic heterocycles. The van der Waals surface area contributed by atoms with Crippen molar-refractivity contribution < 1.29 is 4.79 Å². The van der Waals surface area contributed by atoms with Gasteiger partial charge < -0.3 is 10.6 Å². The normalized spacial score (nSPS) is 34.8. The van der Waals surface area contributed by atoms with Gasteiger partial charge in [-0.25, -0.2) is 0 Å². The summed E-state index contributed by atoms with van der Waals surface area (Å²) in [5.74, 6) is 3.91. The molecule has 3 fully saturated rings. The van der Waals surface area contributed by atoms with E-state index in [2.05, 4.69) is 10.6 Å². The molecule has 3 nitrogen and oxygen atoms in total. The minimum atomic E-state index is 0.332. The number of hydrogen-bond donors (Lipinski definition) is 2. The first-order chi connectivity index (χ1) is 8.30. The van der Waals surface area contributed by atoms with E-state index < -0.39 is 0 Å². The average Bonchev–Trinajstić information content (AvgIpc) is 2.82. The van der Waals surface area contributed by atoms with E-state index in [0.717, 1.165) is 32.0 Å². The highest BCUT2D eigenvalue weighted by Crippen LogP contribution is 2.58. The molecule has 1 aliphatic carbocycles. The highest BCUT2D eigenvalue weighted by Gasteiger charge is 2.57. The van der Waals surface area contributed by atoms with Gasteiger partial charge in [-0.1, -0.05) is 0 Å². The van der Waals surface area contributed by atoms with Crippen LogP contribution < -0.4 is 10.6 Å². The zero-order valence-electron chi connectivity index (χ0n) is 10.3. The Bertz CT molecular complexity index is 296. The van der Waals surface area contributed by atoms with E-state index in [1.165, 1.54) is 30.8 Å². The molecule has 2 aliphatic heterocycles. The molecule has 2 heterocycles. The maximum Gasteiger partial charge on any atom is 0.223 e. The number of amides is 1. The van der Waals surface area contributed by atoms with Crippen LogP contribution in [-0.4, -0.2) is 37.0 Å². The molecule has 2 unspecified atom stereocenters. The highest BCUT2D eigenvalue weighted by atomic mass is 32.2. The number of rotatable bonds is 3. The molecule has 0 aromatic rings. The summed E-state index contributed by atoms with van der Waals surface area (Å²) in [4.78, 5) is 12.1. The zero-order valence-corrected chi connectivity index (χ0v) is 11.2. The van der Waals surface area contributed by atoms with Gasteiger partial charge in [-0.15, -0.1) is 0 Å². The minimum Gasteiger partial charge on any atom is -0.356 e. The summed E-state index contributed by atoms with van der Waals surface area (Å²) in [7, 11) is 0. The highest BCUT2D eigenvalue weighted by molar-refractivity contribution is 7.99. The van der Waals surface area contributed by atoms with Crippen molar-refractivity contribution in [2.45, 2.75) is 25.7 Å². The second-order valence-corrected chi connectivity index (χ2v) is 6.99. The summed E-state index contributed by atoms with van der Waals surface area (Å²) < 4.78 is 0. The number of nitrogens with one attached hydrogen (secondary N) is 2. The average molecular weight is 254 g/mol. The molecule has 4 heteroatoms. The molecule has 0 radical (unpaired) electrons. The smallest absolute Gasteiger partial charge is 0.223 e. The van der Waals surface area contributed by atoms with Crippen molar-refractivity contribution >= 4 is 17.7 Å². The van der Waals surface area contributed by atoms with Crippen molar-refractivity contribution in [1.82, 2.24) is 10.6 Å². The Morgan fingerprint density at radius 1 is 1.41 bits per heavy atom. The van der Waals surface area contributed by atoms with Crippen LogP contribution in [0, 0.1) is 17.3 Å². The fourth-order valence-corrected chi connectivity index (χ4v) is 4.59. The van der Waals surface area contributed by atoms with Gasteiger partial charge in [0.1, 0.15) is 0 Å². The maximum atomic E-state index is 12.1. The molecule has 0 bridgehead atoms. The van der Waals surface area contributed by atoms with Crippen LogP contribution in [0.5, 0.6) is 0 Å². The quantitative estimate of drug-likeness (QED) is 0.796. The molecule has 2 N–H and O–H groups in total. The summed E-state index contributed by atoms with van der Waals surface area (Å²) in [6.07, 6.45) is 4.82. The van der Waals surface area contributed by atoms with E-state index in [1.807, 2.05) is 11.8 Å². The van der Waals surface area contributed by atoms with Gasteiger partial charge in [-0.05, 0) is 61.6 Å².